The van der Waals surface area contributed by atoms with Gasteiger partial charge in [0.1, 0.15) is 0 Å². The number of benzene rings is 1. The molecule has 0 amide bonds. The lowest BCUT2D eigenvalue weighted by Crippen LogP contribution is -2.16. The molecule has 0 aromatic heterocycles. The predicted molar refractivity (Wildman–Crippen MR) is 79.8 cm³/mol. The summed E-state index contributed by atoms with van der Waals surface area (Å²) in [4.78, 5) is 10.4. The zero-order chi connectivity index (χ0) is 15.9. The summed E-state index contributed by atoms with van der Waals surface area (Å²) in [5.41, 5.74) is 0.765. The first-order chi connectivity index (χ1) is 9.79. The van der Waals surface area contributed by atoms with Gasteiger partial charge < -0.3 is 4.74 Å². The number of aryl methyl sites for hydroxylation is 1. The van der Waals surface area contributed by atoms with Crippen LogP contribution in [0.15, 0.2) is 18.2 Å². The quantitative estimate of drug-likeness (QED) is 0.426. The van der Waals surface area contributed by atoms with Gasteiger partial charge in [0.05, 0.1) is 17.3 Å². The maximum Gasteiger partial charge on any atom is 0.311 e. The number of nitro benzene ring substituents is 1. The predicted octanol–water partition coefficient (Wildman–Crippen LogP) is 2.13. The van der Waals surface area contributed by atoms with E-state index >= 15 is 0 Å². The molecule has 118 valence electrons. The van der Waals surface area contributed by atoms with Crippen molar-refractivity contribution < 1.29 is 18.1 Å². The van der Waals surface area contributed by atoms with Gasteiger partial charge in [-0.15, -0.1) is 0 Å². The third-order valence-electron chi connectivity index (χ3n) is 2.89. The molecule has 0 unspecified atom stereocenters. The molecular formula is C13H20N2O5S. The van der Waals surface area contributed by atoms with E-state index in [2.05, 4.69) is 0 Å². The van der Waals surface area contributed by atoms with Gasteiger partial charge in [0.25, 0.3) is 0 Å². The molecule has 0 aliphatic carbocycles. The number of nitro groups is 1. The van der Waals surface area contributed by atoms with Crippen molar-refractivity contribution in [2.45, 2.75) is 32.6 Å². The van der Waals surface area contributed by atoms with Crippen molar-refractivity contribution in [1.29, 1.82) is 0 Å². The molecule has 0 spiro atoms. The lowest BCUT2D eigenvalue weighted by Gasteiger charge is -2.07. The number of unbranched alkanes of at least 4 members (excludes halogenated alkanes) is 3. The highest BCUT2D eigenvalue weighted by molar-refractivity contribution is 7.89. The van der Waals surface area contributed by atoms with Gasteiger partial charge in [0, 0.05) is 6.07 Å². The van der Waals surface area contributed by atoms with Crippen molar-refractivity contribution in [3.63, 3.8) is 0 Å². The Hall–Kier alpha value is -1.67. The largest absolute Gasteiger partial charge is 0.487 e. The van der Waals surface area contributed by atoms with Crippen LogP contribution in [0, 0.1) is 17.0 Å². The summed E-state index contributed by atoms with van der Waals surface area (Å²) >= 11 is 0. The van der Waals surface area contributed by atoms with Gasteiger partial charge in [-0.2, -0.15) is 0 Å². The minimum Gasteiger partial charge on any atom is -0.487 e. The molecule has 0 aliphatic heterocycles. The van der Waals surface area contributed by atoms with Crippen LogP contribution in [-0.4, -0.2) is 25.7 Å². The summed E-state index contributed by atoms with van der Waals surface area (Å²) in [6.45, 7) is 2.14. The fraction of sp³-hybridized carbons (Fsp3) is 0.538. The van der Waals surface area contributed by atoms with Gasteiger partial charge >= 0.3 is 5.69 Å². The average Bonchev–Trinajstić information content (AvgIpc) is 2.37. The summed E-state index contributed by atoms with van der Waals surface area (Å²) in [5, 5.41) is 15.8. The molecule has 2 N–H and O–H groups in total. The van der Waals surface area contributed by atoms with Gasteiger partial charge in [-0.25, -0.2) is 13.6 Å². The Morgan fingerprint density at radius 3 is 2.52 bits per heavy atom. The summed E-state index contributed by atoms with van der Waals surface area (Å²) < 4.78 is 26.9. The normalized spacial score (nSPS) is 11.3. The van der Waals surface area contributed by atoms with Crippen molar-refractivity contribution in [2.24, 2.45) is 5.14 Å². The van der Waals surface area contributed by atoms with Crippen LogP contribution >= 0.6 is 0 Å². The first-order valence-corrected chi connectivity index (χ1v) is 8.39. The van der Waals surface area contributed by atoms with Crippen LogP contribution < -0.4 is 9.88 Å². The molecular weight excluding hydrogens is 296 g/mol. The van der Waals surface area contributed by atoms with Crippen molar-refractivity contribution in [2.75, 3.05) is 12.4 Å². The highest BCUT2D eigenvalue weighted by Crippen LogP contribution is 2.27. The van der Waals surface area contributed by atoms with E-state index in [1.165, 1.54) is 6.07 Å². The monoisotopic (exact) mass is 316 g/mol. The third-order valence-corrected chi connectivity index (χ3v) is 3.75. The van der Waals surface area contributed by atoms with E-state index in [9.17, 15) is 18.5 Å². The number of rotatable bonds is 9. The molecule has 8 heteroatoms. The molecule has 0 saturated carbocycles. The van der Waals surface area contributed by atoms with Crippen molar-refractivity contribution >= 4 is 15.7 Å². The molecule has 1 rings (SSSR count). The maximum atomic E-state index is 10.9. The molecule has 21 heavy (non-hydrogen) atoms. The van der Waals surface area contributed by atoms with Gasteiger partial charge in [-0.3, -0.25) is 10.1 Å². The van der Waals surface area contributed by atoms with E-state index < -0.39 is 14.9 Å². The van der Waals surface area contributed by atoms with Crippen LogP contribution in [-0.2, 0) is 10.0 Å². The van der Waals surface area contributed by atoms with Gasteiger partial charge in [0.15, 0.2) is 5.75 Å². The Morgan fingerprint density at radius 2 is 1.90 bits per heavy atom. The number of nitrogens with zero attached hydrogens (tertiary/aromatic N) is 1. The summed E-state index contributed by atoms with van der Waals surface area (Å²) in [6.07, 6.45) is 2.74. The summed E-state index contributed by atoms with van der Waals surface area (Å²) in [6, 6.07) is 4.82. The fourth-order valence-corrected chi connectivity index (χ4v) is 2.44. The van der Waals surface area contributed by atoms with Crippen LogP contribution in [0.2, 0.25) is 0 Å². The van der Waals surface area contributed by atoms with Crippen LogP contribution in [0.25, 0.3) is 0 Å². The summed E-state index contributed by atoms with van der Waals surface area (Å²) in [5.74, 6) is 0.243. The summed E-state index contributed by atoms with van der Waals surface area (Å²) in [7, 11) is -3.39. The number of nitrogens with two attached hydrogens (primary N) is 1. The van der Waals surface area contributed by atoms with E-state index in [1.807, 2.05) is 0 Å². The van der Waals surface area contributed by atoms with Gasteiger partial charge in [-0.05, 0) is 31.4 Å². The smallest absolute Gasteiger partial charge is 0.311 e. The molecule has 0 bridgehead atoms. The zero-order valence-electron chi connectivity index (χ0n) is 11.9. The molecule has 0 aliphatic rings. The molecule has 0 fully saturated rings. The molecule has 0 radical (unpaired) electrons. The van der Waals surface area contributed by atoms with Crippen LogP contribution in [0.4, 0.5) is 5.69 Å². The molecule has 0 heterocycles. The van der Waals surface area contributed by atoms with E-state index in [0.717, 1.165) is 18.4 Å². The number of primary sulfonamides is 1. The number of hydrogen-bond acceptors (Lipinski definition) is 5. The van der Waals surface area contributed by atoms with E-state index in [0.29, 0.717) is 19.4 Å². The topological polar surface area (TPSA) is 113 Å². The minimum atomic E-state index is -3.39. The number of sulfonamides is 1. The second-order valence-electron chi connectivity index (χ2n) is 4.86. The van der Waals surface area contributed by atoms with Crippen LogP contribution in [0.3, 0.4) is 0 Å². The van der Waals surface area contributed by atoms with E-state index in [-0.39, 0.29) is 17.2 Å². The first-order valence-electron chi connectivity index (χ1n) is 6.68. The Kier molecular flexibility index (Phi) is 6.57. The average molecular weight is 316 g/mol. The maximum absolute atomic E-state index is 10.9. The Labute approximate surface area is 124 Å². The van der Waals surface area contributed by atoms with E-state index in [1.54, 1.807) is 19.1 Å². The second-order valence-corrected chi connectivity index (χ2v) is 6.59. The zero-order valence-corrected chi connectivity index (χ0v) is 12.8. The lowest BCUT2D eigenvalue weighted by molar-refractivity contribution is -0.385. The van der Waals surface area contributed by atoms with Gasteiger partial charge in [-0.1, -0.05) is 18.9 Å². The SMILES string of the molecule is Cc1ccc(OCCCCCCS(N)(=O)=O)c([N+](=O)[O-])c1. The Bertz CT molecular complexity index is 586. The van der Waals surface area contributed by atoms with Crippen molar-refractivity contribution in [1.82, 2.24) is 0 Å². The standard InChI is InChI=1S/C13H20N2O5S/c1-11-6-7-13(12(10-11)15(16)17)20-8-4-2-3-5-9-21(14,18)19/h6-7,10H,2-5,8-9H2,1H3,(H2,14,18,19). The van der Waals surface area contributed by atoms with Crippen molar-refractivity contribution in [3.8, 4) is 5.75 Å². The van der Waals surface area contributed by atoms with Gasteiger partial charge in [0.2, 0.25) is 10.0 Å². The van der Waals surface area contributed by atoms with Crippen LogP contribution in [0.5, 0.6) is 5.75 Å². The molecule has 1 aromatic rings. The first kappa shape index (κ1) is 17.4. The van der Waals surface area contributed by atoms with Crippen LogP contribution in [0.1, 0.15) is 31.2 Å². The highest BCUT2D eigenvalue weighted by atomic mass is 32.2. The second kappa shape index (κ2) is 7.94. The van der Waals surface area contributed by atoms with Crippen molar-refractivity contribution in [3.05, 3.63) is 33.9 Å². The Balaban J connectivity index is 2.32. The van der Waals surface area contributed by atoms with E-state index in [4.69, 9.17) is 9.88 Å². The highest BCUT2D eigenvalue weighted by Gasteiger charge is 2.14. The molecule has 1 aromatic carbocycles. The minimum absolute atomic E-state index is 0.0166. The number of ether oxygens (including phenoxy) is 1. The number of hydrogen-bond donors (Lipinski definition) is 1. The fourth-order valence-electron chi connectivity index (χ4n) is 1.83. The lowest BCUT2D eigenvalue weighted by atomic mass is 10.2. The third kappa shape index (κ3) is 7.05. The molecule has 0 atom stereocenters. The molecule has 0 saturated heterocycles. The molecule has 7 nitrogen and oxygen atoms in total. The Morgan fingerprint density at radius 1 is 1.24 bits per heavy atom.